The van der Waals surface area contributed by atoms with Crippen molar-refractivity contribution < 1.29 is 5.11 Å². The Bertz CT molecular complexity index is 443. The Kier molecular flexibility index (Phi) is 4.11. The maximum atomic E-state index is 9.95. The van der Waals surface area contributed by atoms with Gasteiger partial charge >= 0.3 is 0 Å². The molecule has 23 heavy (non-hydrogen) atoms. The van der Waals surface area contributed by atoms with Crippen molar-refractivity contribution in [2.24, 2.45) is 40.4 Å². The van der Waals surface area contributed by atoms with Crippen LogP contribution in [-0.2, 0) is 0 Å². The second-order valence-electron chi connectivity index (χ2n) is 10.3. The number of hydrogen-bond acceptors (Lipinski definition) is 1. The van der Waals surface area contributed by atoms with Crippen molar-refractivity contribution in [1.29, 1.82) is 0 Å². The summed E-state index contributed by atoms with van der Waals surface area (Å²) in [6, 6.07) is 0. The summed E-state index contributed by atoms with van der Waals surface area (Å²) >= 11 is 0. The third-order valence-corrected chi connectivity index (χ3v) is 9.41. The van der Waals surface area contributed by atoms with Gasteiger partial charge in [0.1, 0.15) is 0 Å². The van der Waals surface area contributed by atoms with E-state index in [2.05, 4.69) is 13.8 Å². The first kappa shape index (κ1) is 16.4. The first-order valence-corrected chi connectivity index (χ1v) is 10.6. The van der Waals surface area contributed by atoms with Crippen molar-refractivity contribution in [3.05, 3.63) is 0 Å². The monoisotopic (exact) mass is 318 g/mol. The molecule has 0 radical (unpaired) electrons. The molecule has 4 fully saturated rings. The molecular formula is C22H38O. The Labute approximate surface area is 143 Å². The highest BCUT2D eigenvalue weighted by Crippen LogP contribution is 2.67. The van der Waals surface area contributed by atoms with Crippen LogP contribution in [0, 0.1) is 40.4 Å². The summed E-state index contributed by atoms with van der Waals surface area (Å²) in [4.78, 5) is 0. The van der Waals surface area contributed by atoms with Crippen molar-refractivity contribution in [1.82, 2.24) is 0 Å². The molecular weight excluding hydrogens is 280 g/mol. The van der Waals surface area contributed by atoms with Crippen LogP contribution in [0.3, 0.4) is 0 Å². The Hall–Kier alpha value is -0.0400. The lowest BCUT2D eigenvalue weighted by Crippen LogP contribution is -2.52. The van der Waals surface area contributed by atoms with Gasteiger partial charge < -0.3 is 5.11 Å². The van der Waals surface area contributed by atoms with Gasteiger partial charge in [0.05, 0.1) is 6.10 Å². The lowest BCUT2D eigenvalue weighted by atomic mass is 9.45. The number of aliphatic hydroxyl groups is 1. The van der Waals surface area contributed by atoms with Gasteiger partial charge in [-0.05, 0) is 105 Å². The number of aliphatic hydroxyl groups excluding tert-OH is 1. The van der Waals surface area contributed by atoms with E-state index in [1.807, 2.05) is 6.92 Å². The van der Waals surface area contributed by atoms with E-state index < -0.39 is 0 Å². The van der Waals surface area contributed by atoms with Gasteiger partial charge in [-0.15, -0.1) is 0 Å². The van der Waals surface area contributed by atoms with Crippen molar-refractivity contribution >= 4 is 0 Å². The zero-order valence-corrected chi connectivity index (χ0v) is 15.7. The largest absolute Gasteiger partial charge is 0.393 e. The van der Waals surface area contributed by atoms with Crippen LogP contribution in [0.15, 0.2) is 0 Å². The molecule has 0 spiro atoms. The predicted molar refractivity (Wildman–Crippen MR) is 96.1 cm³/mol. The van der Waals surface area contributed by atoms with Crippen LogP contribution in [0.1, 0.15) is 91.4 Å². The molecule has 0 aliphatic heterocycles. The Balaban J connectivity index is 1.57. The lowest BCUT2D eigenvalue weighted by molar-refractivity contribution is -0.112. The van der Waals surface area contributed by atoms with Gasteiger partial charge in [0.2, 0.25) is 0 Å². The van der Waals surface area contributed by atoms with Gasteiger partial charge in [-0.3, -0.25) is 0 Å². The average Bonchev–Trinajstić information content (AvgIpc) is 2.83. The summed E-state index contributed by atoms with van der Waals surface area (Å²) in [5.74, 6) is 4.81. The molecule has 0 saturated heterocycles. The molecule has 4 aliphatic carbocycles. The highest BCUT2D eigenvalue weighted by atomic mass is 16.3. The van der Waals surface area contributed by atoms with Crippen molar-refractivity contribution in [2.75, 3.05) is 0 Å². The minimum atomic E-state index is -0.111. The summed E-state index contributed by atoms with van der Waals surface area (Å²) in [5.41, 5.74) is 1.21. The fraction of sp³-hybridized carbons (Fsp3) is 1.00. The zero-order valence-electron chi connectivity index (χ0n) is 15.7. The van der Waals surface area contributed by atoms with E-state index >= 15 is 0 Å². The molecule has 8 atom stereocenters. The molecule has 132 valence electrons. The summed E-state index contributed by atoms with van der Waals surface area (Å²) in [6.07, 6.45) is 15.8. The lowest BCUT2D eigenvalue weighted by Gasteiger charge is -2.60. The molecule has 0 bridgehead atoms. The van der Waals surface area contributed by atoms with Crippen molar-refractivity contribution in [3.63, 3.8) is 0 Å². The quantitative estimate of drug-likeness (QED) is 0.681. The first-order valence-electron chi connectivity index (χ1n) is 10.6. The summed E-state index contributed by atoms with van der Waals surface area (Å²) in [7, 11) is 0. The summed E-state index contributed by atoms with van der Waals surface area (Å²) in [5, 5.41) is 9.95. The molecule has 0 aromatic rings. The minimum Gasteiger partial charge on any atom is -0.393 e. The van der Waals surface area contributed by atoms with Crippen LogP contribution in [-0.4, -0.2) is 11.2 Å². The Morgan fingerprint density at radius 1 is 0.870 bits per heavy atom. The van der Waals surface area contributed by atoms with Crippen LogP contribution in [0.25, 0.3) is 0 Å². The maximum absolute atomic E-state index is 9.95. The van der Waals surface area contributed by atoms with E-state index in [-0.39, 0.29) is 6.10 Å². The van der Waals surface area contributed by atoms with Gasteiger partial charge in [0.15, 0.2) is 0 Å². The van der Waals surface area contributed by atoms with Crippen molar-refractivity contribution in [3.8, 4) is 0 Å². The van der Waals surface area contributed by atoms with E-state index in [4.69, 9.17) is 0 Å². The molecule has 8 unspecified atom stereocenters. The van der Waals surface area contributed by atoms with Crippen LogP contribution < -0.4 is 0 Å². The maximum Gasteiger partial charge on any atom is 0.0515 e. The zero-order chi connectivity index (χ0) is 16.2. The molecule has 4 rings (SSSR count). The summed E-state index contributed by atoms with van der Waals surface area (Å²) < 4.78 is 0. The van der Waals surface area contributed by atoms with Gasteiger partial charge in [-0.1, -0.05) is 26.7 Å². The summed E-state index contributed by atoms with van der Waals surface area (Å²) in [6.45, 7) is 7.28. The second kappa shape index (κ2) is 5.75. The molecule has 0 aromatic heterocycles. The number of rotatable bonds is 2. The fourth-order valence-corrected chi connectivity index (χ4v) is 8.20. The standard InChI is InChI=1S/C22H38O/c1-15(23)14-17-8-10-19-18-9-7-16-6-4-5-12-21(16,2)20(18)11-13-22(17,19)3/h15-20,23H,4-14H2,1-3H3. The SMILES string of the molecule is CC(O)CC1CCC2C3CCC4CCCCC4(C)C3CCC12C. The molecule has 0 aromatic carbocycles. The normalized spacial score (nSPS) is 54.0. The second-order valence-corrected chi connectivity index (χ2v) is 10.3. The van der Waals surface area contributed by atoms with E-state index in [1.165, 1.54) is 64.2 Å². The van der Waals surface area contributed by atoms with E-state index in [0.717, 1.165) is 36.0 Å². The minimum absolute atomic E-state index is 0.111. The smallest absolute Gasteiger partial charge is 0.0515 e. The van der Waals surface area contributed by atoms with Crippen molar-refractivity contribution in [2.45, 2.75) is 97.5 Å². The third-order valence-electron chi connectivity index (χ3n) is 9.41. The molecule has 1 nitrogen and oxygen atoms in total. The van der Waals surface area contributed by atoms with Gasteiger partial charge in [-0.25, -0.2) is 0 Å². The van der Waals surface area contributed by atoms with E-state index in [1.54, 1.807) is 0 Å². The fourth-order valence-electron chi connectivity index (χ4n) is 8.20. The highest BCUT2D eigenvalue weighted by molar-refractivity contribution is 5.08. The van der Waals surface area contributed by atoms with E-state index in [0.29, 0.717) is 10.8 Å². The van der Waals surface area contributed by atoms with E-state index in [9.17, 15) is 5.11 Å². The Morgan fingerprint density at radius 3 is 2.43 bits per heavy atom. The topological polar surface area (TPSA) is 20.2 Å². The van der Waals surface area contributed by atoms with Crippen LogP contribution in [0.5, 0.6) is 0 Å². The third kappa shape index (κ3) is 2.43. The number of fused-ring (bicyclic) bond motifs is 5. The molecule has 4 saturated carbocycles. The molecule has 1 N–H and O–H groups in total. The number of hydrogen-bond donors (Lipinski definition) is 1. The average molecular weight is 319 g/mol. The highest BCUT2D eigenvalue weighted by Gasteiger charge is 2.59. The molecule has 1 heteroatoms. The predicted octanol–water partition coefficient (Wildman–Crippen LogP) is 5.81. The molecule has 0 heterocycles. The van der Waals surface area contributed by atoms with Gasteiger partial charge in [0, 0.05) is 0 Å². The molecule has 0 amide bonds. The van der Waals surface area contributed by atoms with Gasteiger partial charge in [-0.2, -0.15) is 0 Å². The van der Waals surface area contributed by atoms with Gasteiger partial charge in [0.25, 0.3) is 0 Å². The molecule has 4 aliphatic rings. The Morgan fingerprint density at radius 2 is 1.65 bits per heavy atom. The van der Waals surface area contributed by atoms with Crippen LogP contribution >= 0.6 is 0 Å². The van der Waals surface area contributed by atoms with Crippen LogP contribution in [0.2, 0.25) is 0 Å². The van der Waals surface area contributed by atoms with Crippen LogP contribution in [0.4, 0.5) is 0 Å². The first-order chi connectivity index (χ1) is 10.9.